The summed E-state index contributed by atoms with van der Waals surface area (Å²) < 4.78 is 0. The Hall–Kier alpha value is -2.65. The molecule has 34 heavy (non-hydrogen) atoms. The third kappa shape index (κ3) is 4.77. The summed E-state index contributed by atoms with van der Waals surface area (Å²) in [6.45, 7) is 4.24. The number of thiophene rings is 1. The fourth-order valence-corrected chi connectivity index (χ4v) is 6.71. The van der Waals surface area contributed by atoms with Crippen LogP contribution in [0.3, 0.4) is 0 Å². The van der Waals surface area contributed by atoms with Crippen LogP contribution in [0.15, 0.2) is 29.1 Å². The number of nitrogens with zero attached hydrogens (tertiary/aromatic N) is 3. The van der Waals surface area contributed by atoms with Crippen molar-refractivity contribution in [3.05, 3.63) is 62.0 Å². The largest absolute Gasteiger partial charge is 0.339 e. The van der Waals surface area contributed by atoms with E-state index in [0.717, 1.165) is 35.0 Å². The first-order chi connectivity index (χ1) is 16.5. The smallest absolute Gasteiger partial charge is 0.259 e. The summed E-state index contributed by atoms with van der Waals surface area (Å²) in [7, 11) is 0. The van der Waals surface area contributed by atoms with Crippen LogP contribution in [0.2, 0.25) is 0 Å². The van der Waals surface area contributed by atoms with Crippen LogP contribution in [0.1, 0.15) is 45.0 Å². The molecule has 1 fully saturated rings. The van der Waals surface area contributed by atoms with Gasteiger partial charge in [0.15, 0.2) is 0 Å². The molecule has 0 bridgehead atoms. The van der Waals surface area contributed by atoms with Crippen molar-refractivity contribution in [3.8, 4) is 0 Å². The molecular weight excluding hydrogens is 468 g/mol. The first-order valence-electron chi connectivity index (χ1n) is 11.7. The van der Waals surface area contributed by atoms with Gasteiger partial charge in [-0.25, -0.2) is 4.98 Å². The highest BCUT2D eigenvalue weighted by atomic mass is 32.2. The molecule has 2 aliphatic rings. The maximum absolute atomic E-state index is 12.7. The second kappa shape index (κ2) is 9.92. The van der Waals surface area contributed by atoms with Crippen LogP contribution in [-0.2, 0) is 23.4 Å². The molecule has 1 N–H and O–H groups in total. The van der Waals surface area contributed by atoms with E-state index in [1.54, 1.807) is 23.1 Å². The van der Waals surface area contributed by atoms with E-state index in [4.69, 9.17) is 0 Å². The van der Waals surface area contributed by atoms with Crippen LogP contribution in [0.25, 0.3) is 10.2 Å². The zero-order valence-corrected chi connectivity index (χ0v) is 20.9. The van der Waals surface area contributed by atoms with Crippen molar-refractivity contribution < 1.29 is 9.59 Å². The summed E-state index contributed by atoms with van der Waals surface area (Å²) in [5.41, 5.74) is 2.98. The normalized spacial score (nSPS) is 15.7. The monoisotopic (exact) mass is 496 g/mol. The van der Waals surface area contributed by atoms with Gasteiger partial charge in [-0.05, 0) is 43.9 Å². The van der Waals surface area contributed by atoms with Crippen molar-refractivity contribution in [2.24, 2.45) is 0 Å². The molecule has 5 rings (SSSR count). The number of hydrogen-bond donors (Lipinski definition) is 1. The topological polar surface area (TPSA) is 86.4 Å². The van der Waals surface area contributed by atoms with E-state index in [2.05, 4.69) is 9.97 Å². The lowest BCUT2D eigenvalue weighted by Crippen LogP contribution is -2.50. The van der Waals surface area contributed by atoms with Crippen molar-refractivity contribution in [1.82, 2.24) is 19.8 Å². The van der Waals surface area contributed by atoms with E-state index >= 15 is 0 Å². The fourth-order valence-electron chi connectivity index (χ4n) is 4.64. The van der Waals surface area contributed by atoms with Crippen LogP contribution < -0.4 is 5.56 Å². The third-order valence-electron chi connectivity index (χ3n) is 6.54. The maximum atomic E-state index is 12.7. The minimum Gasteiger partial charge on any atom is -0.339 e. The summed E-state index contributed by atoms with van der Waals surface area (Å²) in [6.07, 6.45) is 3.59. The number of thioether (sulfide) groups is 1. The average molecular weight is 497 g/mol. The van der Waals surface area contributed by atoms with Gasteiger partial charge in [0, 0.05) is 48.8 Å². The van der Waals surface area contributed by atoms with Gasteiger partial charge < -0.3 is 14.8 Å². The van der Waals surface area contributed by atoms with Gasteiger partial charge in [0.25, 0.3) is 11.5 Å². The third-order valence-corrected chi connectivity index (χ3v) is 8.70. The minimum atomic E-state index is -0.0332. The van der Waals surface area contributed by atoms with Crippen LogP contribution in [0, 0.1) is 6.92 Å². The maximum Gasteiger partial charge on any atom is 0.259 e. The zero-order valence-electron chi connectivity index (χ0n) is 19.3. The molecule has 1 aromatic carbocycles. The molecule has 3 aromatic rings. The highest BCUT2D eigenvalue weighted by Gasteiger charge is 2.25. The molecule has 0 radical (unpaired) electrons. The minimum absolute atomic E-state index is 0.0251. The number of benzene rings is 1. The standard InChI is InChI=1S/C25H28N4O3S2/c1-16-5-7-17(8-6-16)25(32)29-12-10-28(11-13-29)21(30)9-14-33-15-20-26-23(31)22-18-3-2-4-19(18)34-24(22)27-20/h5-8H,2-4,9-15H2,1H3,(H,26,27,31). The number of rotatable bonds is 6. The lowest BCUT2D eigenvalue weighted by atomic mass is 10.1. The Morgan fingerprint density at radius 3 is 2.59 bits per heavy atom. The van der Waals surface area contributed by atoms with E-state index in [1.165, 1.54) is 10.4 Å². The molecule has 2 amide bonds. The first kappa shape index (κ1) is 23.1. The predicted molar refractivity (Wildman–Crippen MR) is 137 cm³/mol. The molecule has 9 heteroatoms. The SMILES string of the molecule is Cc1ccc(C(=O)N2CCN(C(=O)CCSCc3nc4sc5c(c4c(=O)[nH]3)CCC5)CC2)cc1. The number of fused-ring (bicyclic) bond motifs is 3. The number of aryl methyl sites for hydroxylation is 3. The Morgan fingerprint density at radius 2 is 1.82 bits per heavy atom. The number of piperazine rings is 1. The number of nitrogens with one attached hydrogen (secondary N) is 1. The summed E-state index contributed by atoms with van der Waals surface area (Å²) in [4.78, 5) is 51.3. The number of carbonyl (C=O) groups is 2. The number of amides is 2. The average Bonchev–Trinajstić information content (AvgIpc) is 3.43. The van der Waals surface area contributed by atoms with Gasteiger partial charge in [-0.1, -0.05) is 17.7 Å². The Kier molecular flexibility index (Phi) is 6.74. The molecule has 0 spiro atoms. The summed E-state index contributed by atoms with van der Waals surface area (Å²) in [5.74, 6) is 2.07. The number of aromatic nitrogens is 2. The first-order valence-corrected chi connectivity index (χ1v) is 13.7. The molecule has 1 saturated heterocycles. The van der Waals surface area contributed by atoms with E-state index < -0.39 is 0 Å². The molecule has 0 atom stereocenters. The Balaban J connectivity index is 1.08. The second-order valence-electron chi connectivity index (χ2n) is 8.89. The fraction of sp³-hybridized carbons (Fsp3) is 0.440. The lowest BCUT2D eigenvalue weighted by Gasteiger charge is -2.35. The van der Waals surface area contributed by atoms with Gasteiger partial charge in [0.05, 0.1) is 11.1 Å². The number of aromatic amines is 1. The number of hydrogen-bond acceptors (Lipinski definition) is 6. The zero-order chi connectivity index (χ0) is 23.7. The molecule has 1 aliphatic heterocycles. The summed E-state index contributed by atoms with van der Waals surface area (Å²) in [5, 5.41) is 0.779. The Morgan fingerprint density at radius 1 is 1.09 bits per heavy atom. The van der Waals surface area contributed by atoms with E-state index in [-0.39, 0.29) is 17.4 Å². The molecule has 3 heterocycles. The van der Waals surface area contributed by atoms with Crippen molar-refractivity contribution in [2.75, 3.05) is 31.9 Å². The molecule has 7 nitrogen and oxygen atoms in total. The van der Waals surface area contributed by atoms with Crippen molar-refractivity contribution in [1.29, 1.82) is 0 Å². The molecule has 2 aromatic heterocycles. The van der Waals surface area contributed by atoms with E-state index in [0.29, 0.717) is 55.5 Å². The van der Waals surface area contributed by atoms with Crippen molar-refractivity contribution in [2.45, 2.75) is 38.4 Å². The molecule has 178 valence electrons. The Labute approximate surface area is 206 Å². The van der Waals surface area contributed by atoms with Gasteiger partial charge in [-0.15, -0.1) is 11.3 Å². The molecule has 0 unspecified atom stereocenters. The van der Waals surface area contributed by atoms with Gasteiger partial charge >= 0.3 is 0 Å². The highest BCUT2D eigenvalue weighted by molar-refractivity contribution is 7.98. The van der Waals surface area contributed by atoms with Crippen LogP contribution in [-0.4, -0.2) is 63.5 Å². The van der Waals surface area contributed by atoms with E-state index in [1.807, 2.05) is 41.0 Å². The number of carbonyl (C=O) groups excluding carboxylic acids is 2. The predicted octanol–water partition coefficient (Wildman–Crippen LogP) is 3.39. The highest BCUT2D eigenvalue weighted by Crippen LogP contribution is 2.34. The summed E-state index contributed by atoms with van der Waals surface area (Å²) in [6, 6.07) is 7.61. The summed E-state index contributed by atoms with van der Waals surface area (Å²) >= 11 is 3.26. The van der Waals surface area contributed by atoms with E-state index in [9.17, 15) is 14.4 Å². The van der Waals surface area contributed by atoms with Crippen LogP contribution in [0.4, 0.5) is 0 Å². The van der Waals surface area contributed by atoms with Gasteiger partial charge in [0.2, 0.25) is 5.91 Å². The quantitative estimate of drug-likeness (QED) is 0.529. The molecule has 0 saturated carbocycles. The Bertz CT molecular complexity index is 1270. The lowest BCUT2D eigenvalue weighted by molar-refractivity contribution is -0.132. The second-order valence-corrected chi connectivity index (χ2v) is 11.1. The molecule has 1 aliphatic carbocycles. The van der Waals surface area contributed by atoms with Crippen LogP contribution in [0.5, 0.6) is 0 Å². The van der Waals surface area contributed by atoms with Gasteiger partial charge in [-0.2, -0.15) is 11.8 Å². The van der Waals surface area contributed by atoms with Crippen molar-refractivity contribution in [3.63, 3.8) is 0 Å². The number of H-pyrrole nitrogens is 1. The van der Waals surface area contributed by atoms with Crippen LogP contribution >= 0.6 is 23.1 Å². The van der Waals surface area contributed by atoms with Gasteiger partial charge in [0.1, 0.15) is 10.7 Å². The van der Waals surface area contributed by atoms with Gasteiger partial charge in [-0.3, -0.25) is 14.4 Å². The van der Waals surface area contributed by atoms with Crippen molar-refractivity contribution >= 4 is 45.1 Å². The molecular formula is C25H28N4O3S2.